The topological polar surface area (TPSA) is 103 Å². The zero-order chi connectivity index (χ0) is 21.3. The number of nitro benzene ring substituents is 1. The summed E-state index contributed by atoms with van der Waals surface area (Å²) in [7, 11) is 3.44. The van der Waals surface area contributed by atoms with E-state index in [2.05, 4.69) is 0 Å². The molecule has 0 bridgehead atoms. The van der Waals surface area contributed by atoms with Crippen LogP contribution in [0.15, 0.2) is 45.6 Å². The lowest BCUT2D eigenvalue weighted by molar-refractivity contribution is -0.384. The first-order valence-electron chi connectivity index (χ1n) is 8.85. The largest absolute Gasteiger partial charge is 0.457 e. The van der Waals surface area contributed by atoms with E-state index >= 15 is 0 Å². The van der Waals surface area contributed by atoms with Gasteiger partial charge < -0.3 is 14.1 Å². The summed E-state index contributed by atoms with van der Waals surface area (Å²) in [5, 5.41) is 11.7. The van der Waals surface area contributed by atoms with Crippen molar-refractivity contribution in [2.24, 2.45) is 0 Å². The number of anilines is 1. The summed E-state index contributed by atoms with van der Waals surface area (Å²) in [5.41, 5.74) is 2.58. The van der Waals surface area contributed by atoms with Crippen molar-refractivity contribution in [2.75, 3.05) is 19.0 Å². The van der Waals surface area contributed by atoms with E-state index in [1.165, 1.54) is 24.3 Å². The van der Waals surface area contributed by atoms with Crippen LogP contribution in [0.2, 0.25) is 0 Å². The minimum absolute atomic E-state index is 0.0727. The van der Waals surface area contributed by atoms with Gasteiger partial charge in [0.15, 0.2) is 0 Å². The molecule has 0 aliphatic carbocycles. The van der Waals surface area contributed by atoms with Gasteiger partial charge in [0.1, 0.15) is 12.2 Å². The Labute approximate surface area is 166 Å². The van der Waals surface area contributed by atoms with Crippen molar-refractivity contribution < 1.29 is 18.9 Å². The van der Waals surface area contributed by atoms with Gasteiger partial charge in [0.2, 0.25) is 0 Å². The van der Waals surface area contributed by atoms with E-state index in [0.29, 0.717) is 22.2 Å². The van der Waals surface area contributed by atoms with Crippen molar-refractivity contribution in [3.05, 3.63) is 79.2 Å². The second-order valence-corrected chi connectivity index (χ2v) is 6.90. The summed E-state index contributed by atoms with van der Waals surface area (Å²) in [6.45, 7) is 3.59. The van der Waals surface area contributed by atoms with Crippen LogP contribution in [-0.4, -0.2) is 25.0 Å². The Morgan fingerprint density at radius 2 is 1.90 bits per heavy atom. The fourth-order valence-corrected chi connectivity index (χ4v) is 3.06. The molecule has 0 amide bonds. The summed E-state index contributed by atoms with van der Waals surface area (Å²) in [5.74, 6) is -0.720. The van der Waals surface area contributed by atoms with Crippen LogP contribution in [0, 0.1) is 24.0 Å². The highest BCUT2D eigenvalue weighted by molar-refractivity contribution is 5.96. The van der Waals surface area contributed by atoms with E-state index in [0.717, 1.165) is 11.1 Å². The Morgan fingerprint density at radius 3 is 2.55 bits per heavy atom. The SMILES string of the molecule is Cc1ccc2c(COC(=O)c3cc([N+](=O)[O-])ccc3N(C)C)cc(=O)oc2c1C. The van der Waals surface area contributed by atoms with E-state index < -0.39 is 16.5 Å². The maximum atomic E-state index is 12.7. The number of fused-ring (bicyclic) bond motifs is 1. The molecule has 0 saturated carbocycles. The highest BCUT2D eigenvalue weighted by Gasteiger charge is 2.20. The molecule has 0 aliphatic rings. The summed E-state index contributed by atoms with van der Waals surface area (Å²) >= 11 is 0. The van der Waals surface area contributed by atoms with Crippen molar-refractivity contribution in [3.63, 3.8) is 0 Å². The van der Waals surface area contributed by atoms with Crippen LogP contribution in [0.1, 0.15) is 27.0 Å². The van der Waals surface area contributed by atoms with Crippen molar-refractivity contribution >= 4 is 28.3 Å². The van der Waals surface area contributed by atoms with E-state index in [-0.39, 0.29) is 17.9 Å². The van der Waals surface area contributed by atoms with E-state index in [9.17, 15) is 19.7 Å². The first kappa shape index (κ1) is 20.1. The molecule has 0 unspecified atom stereocenters. The zero-order valence-electron chi connectivity index (χ0n) is 16.5. The summed E-state index contributed by atoms with van der Waals surface area (Å²) < 4.78 is 10.7. The quantitative estimate of drug-likeness (QED) is 0.280. The standard InChI is InChI=1S/C21H20N2O6/c1-12-5-7-16-14(9-19(24)29-20(16)13(12)2)11-28-21(25)17-10-15(23(26)27)6-8-18(17)22(3)4/h5-10H,11H2,1-4H3. The number of aryl methyl sites for hydroxylation is 2. The molecule has 0 atom stereocenters. The normalized spacial score (nSPS) is 10.8. The van der Waals surface area contributed by atoms with Gasteiger partial charge in [-0.3, -0.25) is 10.1 Å². The third-order valence-corrected chi connectivity index (χ3v) is 4.77. The average molecular weight is 396 g/mol. The first-order valence-corrected chi connectivity index (χ1v) is 8.85. The number of esters is 1. The maximum Gasteiger partial charge on any atom is 0.340 e. The number of hydrogen-bond acceptors (Lipinski definition) is 7. The lowest BCUT2D eigenvalue weighted by atomic mass is 10.0. The molecule has 2 aromatic carbocycles. The molecule has 0 aliphatic heterocycles. The molecular formula is C21H20N2O6. The second kappa shape index (κ2) is 7.75. The van der Waals surface area contributed by atoms with Gasteiger partial charge in [-0.05, 0) is 31.0 Å². The molecule has 0 saturated heterocycles. The van der Waals surface area contributed by atoms with Gasteiger partial charge in [-0.1, -0.05) is 12.1 Å². The van der Waals surface area contributed by atoms with Gasteiger partial charge in [0, 0.05) is 43.2 Å². The van der Waals surface area contributed by atoms with Gasteiger partial charge >= 0.3 is 11.6 Å². The molecular weight excluding hydrogens is 376 g/mol. The molecule has 1 heterocycles. The molecule has 8 heteroatoms. The van der Waals surface area contributed by atoms with Crippen molar-refractivity contribution in [2.45, 2.75) is 20.5 Å². The number of ether oxygens (including phenoxy) is 1. The Kier molecular flexibility index (Phi) is 5.36. The van der Waals surface area contributed by atoms with Crippen LogP contribution >= 0.6 is 0 Å². The van der Waals surface area contributed by atoms with E-state index in [1.54, 1.807) is 19.0 Å². The van der Waals surface area contributed by atoms with Crippen LogP contribution in [0.4, 0.5) is 11.4 Å². The van der Waals surface area contributed by atoms with Gasteiger partial charge in [-0.2, -0.15) is 0 Å². The van der Waals surface area contributed by atoms with Crippen molar-refractivity contribution in [1.82, 2.24) is 0 Å². The number of nitrogens with zero attached hydrogens (tertiary/aromatic N) is 2. The van der Waals surface area contributed by atoms with Crippen molar-refractivity contribution in [3.8, 4) is 0 Å². The van der Waals surface area contributed by atoms with Crippen LogP contribution in [0.5, 0.6) is 0 Å². The number of rotatable bonds is 5. The predicted octanol–water partition coefficient (Wildman–Crippen LogP) is 3.74. The van der Waals surface area contributed by atoms with Gasteiger partial charge in [-0.25, -0.2) is 9.59 Å². The number of non-ortho nitro benzene ring substituents is 1. The lowest BCUT2D eigenvalue weighted by Gasteiger charge is -2.16. The van der Waals surface area contributed by atoms with Gasteiger partial charge in [0.05, 0.1) is 16.2 Å². The first-order chi connectivity index (χ1) is 13.7. The molecule has 1 aromatic heterocycles. The average Bonchev–Trinajstić information content (AvgIpc) is 2.68. The van der Waals surface area contributed by atoms with Crippen LogP contribution < -0.4 is 10.5 Å². The number of carbonyl (C=O) groups is 1. The number of benzene rings is 2. The number of hydrogen-bond donors (Lipinski definition) is 0. The second-order valence-electron chi connectivity index (χ2n) is 6.90. The molecule has 150 valence electrons. The Bertz CT molecular complexity index is 1180. The van der Waals surface area contributed by atoms with Crippen molar-refractivity contribution in [1.29, 1.82) is 0 Å². The molecule has 8 nitrogen and oxygen atoms in total. The molecule has 0 fully saturated rings. The Hall–Kier alpha value is -3.68. The van der Waals surface area contributed by atoms with Crippen LogP contribution in [0.3, 0.4) is 0 Å². The lowest BCUT2D eigenvalue weighted by Crippen LogP contribution is -2.16. The summed E-state index contributed by atoms with van der Waals surface area (Å²) in [6.07, 6.45) is 0. The molecule has 3 rings (SSSR count). The fraction of sp³-hybridized carbons (Fsp3) is 0.238. The van der Waals surface area contributed by atoms with Gasteiger partial charge in [0.25, 0.3) is 5.69 Å². The predicted molar refractivity (Wildman–Crippen MR) is 109 cm³/mol. The van der Waals surface area contributed by atoms with Gasteiger partial charge in [-0.15, -0.1) is 0 Å². The summed E-state index contributed by atoms with van der Waals surface area (Å²) in [6, 6.07) is 8.99. The summed E-state index contributed by atoms with van der Waals surface area (Å²) in [4.78, 5) is 36.8. The zero-order valence-corrected chi connectivity index (χ0v) is 16.5. The Morgan fingerprint density at radius 1 is 1.17 bits per heavy atom. The molecule has 3 aromatic rings. The molecule has 0 N–H and O–H groups in total. The molecule has 0 radical (unpaired) electrons. The highest BCUT2D eigenvalue weighted by atomic mass is 16.6. The maximum absolute atomic E-state index is 12.7. The third kappa shape index (κ3) is 3.96. The third-order valence-electron chi connectivity index (χ3n) is 4.77. The monoisotopic (exact) mass is 396 g/mol. The number of carbonyl (C=O) groups excluding carboxylic acids is 1. The minimum atomic E-state index is -0.720. The van der Waals surface area contributed by atoms with Crippen LogP contribution in [0.25, 0.3) is 11.0 Å². The fourth-order valence-electron chi connectivity index (χ4n) is 3.06. The number of nitro groups is 1. The molecule has 0 spiro atoms. The van der Waals surface area contributed by atoms with E-state index in [4.69, 9.17) is 9.15 Å². The Balaban J connectivity index is 1.96. The smallest absolute Gasteiger partial charge is 0.340 e. The van der Waals surface area contributed by atoms with E-state index in [1.807, 2.05) is 26.0 Å². The minimum Gasteiger partial charge on any atom is -0.457 e. The highest BCUT2D eigenvalue weighted by Crippen LogP contribution is 2.27. The molecule has 29 heavy (non-hydrogen) atoms. The van der Waals surface area contributed by atoms with Crippen LogP contribution in [-0.2, 0) is 11.3 Å².